The van der Waals surface area contributed by atoms with Crippen molar-refractivity contribution in [2.75, 3.05) is 18.1 Å². The molecule has 3 N–H and O–H groups in total. The minimum atomic E-state index is -0.212. The lowest BCUT2D eigenvalue weighted by Crippen LogP contribution is -2.39. The van der Waals surface area contributed by atoms with Gasteiger partial charge in [-0.1, -0.05) is 6.07 Å². The molecule has 1 amide bonds. The van der Waals surface area contributed by atoms with Crippen LogP contribution in [0.15, 0.2) is 41.1 Å². The van der Waals surface area contributed by atoms with Gasteiger partial charge in [0.05, 0.1) is 6.04 Å². The lowest BCUT2D eigenvalue weighted by Gasteiger charge is -2.23. The number of carbonyl (C=O) groups is 1. The van der Waals surface area contributed by atoms with Crippen LogP contribution in [0, 0.1) is 0 Å². The highest BCUT2D eigenvalue weighted by Crippen LogP contribution is 2.14. The predicted molar refractivity (Wildman–Crippen MR) is 84.7 cm³/mol. The smallest absolute Gasteiger partial charge is 0.241 e. The summed E-state index contributed by atoms with van der Waals surface area (Å²) in [6.07, 6.45) is 0. The van der Waals surface area contributed by atoms with Crippen LogP contribution in [0.5, 0.6) is 0 Å². The first-order valence-electron chi connectivity index (χ1n) is 6.44. The standard InChI is InChI=1S/C15H19N3OS/c1-11(18(2)9-12-6-7-20-10-12)15(19)17-14-5-3-4-13(16)8-14/h3-8,10-11H,9,16H2,1-2H3,(H,17,19). The molecule has 106 valence electrons. The molecule has 0 fully saturated rings. The Hall–Kier alpha value is -1.85. The first kappa shape index (κ1) is 14.6. The van der Waals surface area contributed by atoms with Gasteiger partial charge in [0, 0.05) is 17.9 Å². The number of nitrogen functional groups attached to an aromatic ring is 1. The van der Waals surface area contributed by atoms with Crippen LogP contribution in [0.25, 0.3) is 0 Å². The van der Waals surface area contributed by atoms with Crippen molar-refractivity contribution >= 4 is 28.6 Å². The van der Waals surface area contributed by atoms with Crippen LogP contribution < -0.4 is 11.1 Å². The largest absolute Gasteiger partial charge is 0.399 e. The Morgan fingerprint density at radius 1 is 1.45 bits per heavy atom. The summed E-state index contributed by atoms with van der Waals surface area (Å²) in [4.78, 5) is 14.2. The molecule has 0 saturated carbocycles. The van der Waals surface area contributed by atoms with Gasteiger partial charge in [0.25, 0.3) is 0 Å². The number of likely N-dealkylation sites (N-methyl/N-ethyl adjacent to an activating group) is 1. The van der Waals surface area contributed by atoms with Crippen molar-refractivity contribution in [1.82, 2.24) is 4.90 Å². The molecule has 0 aliphatic carbocycles. The fourth-order valence-electron chi connectivity index (χ4n) is 1.87. The topological polar surface area (TPSA) is 58.4 Å². The van der Waals surface area contributed by atoms with Crippen molar-refractivity contribution in [2.24, 2.45) is 0 Å². The lowest BCUT2D eigenvalue weighted by atomic mass is 10.2. The molecule has 0 radical (unpaired) electrons. The van der Waals surface area contributed by atoms with Crippen LogP contribution in [0.1, 0.15) is 12.5 Å². The molecule has 0 bridgehead atoms. The highest BCUT2D eigenvalue weighted by atomic mass is 32.1. The van der Waals surface area contributed by atoms with E-state index < -0.39 is 0 Å². The van der Waals surface area contributed by atoms with Crippen LogP contribution in [0.3, 0.4) is 0 Å². The number of rotatable bonds is 5. The Balaban J connectivity index is 1.94. The first-order valence-corrected chi connectivity index (χ1v) is 7.38. The molecular formula is C15H19N3OS. The van der Waals surface area contributed by atoms with Crippen molar-refractivity contribution in [3.63, 3.8) is 0 Å². The highest BCUT2D eigenvalue weighted by Gasteiger charge is 2.18. The third kappa shape index (κ3) is 3.82. The second-order valence-electron chi connectivity index (χ2n) is 4.84. The summed E-state index contributed by atoms with van der Waals surface area (Å²) >= 11 is 1.66. The molecular weight excluding hydrogens is 270 g/mol. The molecule has 1 unspecified atom stereocenters. The molecule has 1 atom stereocenters. The van der Waals surface area contributed by atoms with E-state index in [2.05, 4.69) is 16.8 Å². The Morgan fingerprint density at radius 2 is 2.25 bits per heavy atom. The normalized spacial score (nSPS) is 12.3. The van der Waals surface area contributed by atoms with E-state index in [1.807, 2.05) is 36.4 Å². The highest BCUT2D eigenvalue weighted by molar-refractivity contribution is 7.07. The van der Waals surface area contributed by atoms with Gasteiger partial charge in [-0.05, 0) is 54.6 Å². The summed E-state index contributed by atoms with van der Waals surface area (Å²) in [6.45, 7) is 2.66. The molecule has 0 spiro atoms. The molecule has 2 rings (SSSR count). The molecule has 0 saturated heterocycles. The van der Waals surface area contributed by atoms with E-state index in [0.717, 1.165) is 12.2 Å². The Kier molecular flexibility index (Phi) is 4.76. The van der Waals surface area contributed by atoms with E-state index in [9.17, 15) is 4.79 Å². The summed E-state index contributed by atoms with van der Waals surface area (Å²) in [5.41, 5.74) is 8.29. The van der Waals surface area contributed by atoms with Crippen LogP contribution in [0.4, 0.5) is 11.4 Å². The maximum absolute atomic E-state index is 12.2. The van der Waals surface area contributed by atoms with Crippen LogP contribution in [-0.4, -0.2) is 23.9 Å². The third-order valence-corrected chi connectivity index (χ3v) is 3.94. The maximum atomic E-state index is 12.2. The molecule has 1 heterocycles. The van der Waals surface area contributed by atoms with Gasteiger partial charge in [0.2, 0.25) is 5.91 Å². The molecule has 1 aromatic carbocycles. The van der Waals surface area contributed by atoms with Crippen molar-refractivity contribution in [3.8, 4) is 0 Å². The Labute approximate surface area is 123 Å². The zero-order valence-electron chi connectivity index (χ0n) is 11.7. The second kappa shape index (κ2) is 6.54. The van der Waals surface area contributed by atoms with Crippen molar-refractivity contribution in [2.45, 2.75) is 19.5 Å². The monoisotopic (exact) mass is 289 g/mol. The van der Waals surface area contributed by atoms with E-state index in [1.54, 1.807) is 23.5 Å². The van der Waals surface area contributed by atoms with E-state index in [0.29, 0.717) is 5.69 Å². The minimum Gasteiger partial charge on any atom is -0.399 e. The van der Waals surface area contributed by atoms with E-state index in [4.69, 9.17) is 5.73 Å². The SMILES string of the molecule is CC(C(=O)Nc1cccc(N)c1)N(C)Cc1ccsc1. The summed E-state index contributed by atoms with van der Waals surface area (Å²) < 4.78 is 0. The van der Waals surface area contributed by atoms with Crippen molar-refractivity contribution in [3.05, 3.63) is 46.7 Å². The fourth-order valence-corrected chi connectivity index (χ4v) is 2.53. The summed E-state index contributed by atoms with van der Waals surface area (Å²) in [5, 5.41) is 7.02. The third-order valence-electron chi connectivity index (χ3n) is 3.21. The van der Waals surface area contributed by atoms with Crippen LogP contribution >= 0.6 is 11.3 Å². The number of hydrogen-bond acceptors (Lipinski definition) is 4. The average Bonchev–Trinajstić information content (AvgIpc) is 2.90. The number of carbonyl (C=O) groups excluding carboxylic acids is 1. The number of nitrogens with zero attached hydrogens (tertiary/aromatic N) is 1. The van der Waals surface area contributed by atoms with Crippen molar-refractivity contribution < 1.29 is 4.79 Å². The summed E-state index contributed by atoms with van der Waals surface area (Å²) in [7, 11) is 1.95. The molecule has 20 heavy (non-hydrogen) atoms. The van der Waals surface area contributed by atoms with E-state index in [-0.39, 0.29) is 11.9 Å². The van der Waals surface area contributed by atoms with Gasteiger partial charge >= 0.3 is 0 Å². The van der Waals surface area contributed by atoms with Gasteiger partial charge in [0.15, 0.2) is 0 Å². The second-order valence-corrected chi connectivity index (χ2v) is 5.62. The first-order chi connectivity index (χ1) is 9.56. The van der Waals surface area contributed by atoms with Crippen LogP contribution in [-0.2, 0) is 11.3 Å². The Bertz CT molecular complexity index is 568. The van der Waals surface area contributed by atoms with E-state index in [1.165, 1.54) is 5.56 Å². The number of anilines is 2. The van der Waals surface area contributed by atoms with Gasteiger partial charge < -0.3 is 11.1 Å². The zero-order chi connectivity index (χ0) is 14.5. The molecule has 5 heteroatoms. The van der Waals surface area contributed by atoms with Gasteiger partial charge in [-0.2, -0.15) is 11.3 Å². The number of benzene rings is 1. The zero-order valence-corrected chi connectivity index (χ0v) is 12.5. The predicted octanol–water partition coefficient (Wildman–Crippen LogP) is 2.79. The summed E-state index contributed by atoms with van der Waals surface area (Å²) in [6, 6.07) is 9.07. The van der Waals surface area contributed by atoms with Gasteiger partial charge in [-0.25, -0.2) is 0 Å². The number of amides is 1. The number of nitrogens with two attached hydrogens (primary N) is 1. The molecule has 0 aliphatic rings. The van der Waals surface area contributed by atoms with Gasteiger partial charge in [-0.3, -0.25) is 9.69 Å². The molecule has 1 aromatic heterocycles. The lowest BCUT2D eigenvalue weighted by molar-refractivity contribution is -0.120. The molecule has 2 aromatic rings. The van der Waals surface area contributed by atoms with Crippen LogP contribution in [0.2, 0.25) is 0 Å². The quantitative estimate of drug-likeness (QED) is 0.832. The molecule has 4 nitrogen and oxygen atoms in total. The molecule has 0 aliphatic heterocycles. The minimum absolute atomic E-state index is 0.0340. The fraction of sp³-hybridized carbons (Fsp3) is 0.267. The summed E-state index contributed by atoms with van der Waals surface area (Å²) in [5.74, 6) is -0.0340. The average molecular weight is 289 g/mol. The maximum Gasteiger partial charge on any atom is 0.241 e. The number of nitrogens with one attached hydrogen (secondary N) is 1. The number of thiophene rings is 1. The van der Waals surface area contributed by atoms with E-state index >= 15 is 0 Å². The van der Waals surface area contributed by atoms with Crippen molar-refractivity contribution in [1.29, 1.82) is 0 Å². The van der Waals surface area contributed by atoms with Gasteiger partial charge in [0.1, 0.15) is 0 Å². The number of hydrogen-bond donors (Lipinski definition) is 2. The van der Waals surface area contributed by atoms with Gasteiger partial charge in [-0.15, -0.1) is 0 Å². The Morgan fingerprint density at radius 3 is 2.90 bits per heavy atom.